The molecular formula is C12H8O3. The van der Waals surface area contributed by atoms with Crippen LogP contribution in [0.25, 0.3) is 21.9 Å². The van der Waals surface area contributed by atoms with Crippen LogP contribution in [0.5, 0.6) is 0 Å². The molecule has 15 heavy (non-hydrogen) atoms. The summed E-state index contributed by atoms with van der Waals surface area (Å²) >= 11 is 0. The predicted octanol–water partition coefficient (Wildman–Crippen LogP) is 2.85. The first-order valence-corrected chi connectivity index (χ1v) is 4.68. The standard InChI is InChI=1S/C12H8O3/c1-7-6-10-11(12(13)14-7)8-4-2-3-5-9(8)15-10/h2-6H,1H3. The van der Waals surface area contributed by atoms with Gasteiger partial charge in [-0.1, -0.05) is 18.2 Å². The van der Waals surface area contributed by atoms with Gasteiger partial charge in [-0.25, -0.2) is 4.79 Å². The molecule has 3 aromatic rings. The van der Waals surface area contributed by atoms with Crippen molar-refractivity contribution in [1.29, 1.82) is 0 Å². The van der Waals surface area contributed by atoms with E-state index in [9.17, 15) is 4.79 Å². The smallest absolute Gasteiger partial charge is 0.347 e. The van der Waals surface area contributed by atoms with Gasteiger partial charge in [-0.2, -0.15) is 0 Å². The number of fused-ring (bicyclic) bond motifs is 3. The normalized spacial score (nSPS) is 11.3. The van der Waals surface area contributed by atoms with Gasteiger partial charge in [0.2, 0.25) is 0 Å². The molecule has 0 spiro atoms. The highest BCUT2D eigenvalue weighted by Gasteiger charge is 2.11. The SMILES string of the molecule is Cc1cc2oc3ccccc3c2c(=O)o1. The summed E-state index contributed by atoms with van der Waals surface area (Å²) in [7, 11) is 0. The zero-order chi connectivity index (χ0) is 10.4. The Balaban J connectivity index is 2.67. The van der Waals surface area contributed by atoms with Crippen LogP contribution in [0.2, 0.25) is 0 Å². The number of benzene rings is 1. The van der Waals surface area contributed by atoms with Crippen molar-refractivity contribution < 1.29 is 8.83 Å². The van der Waals surface area contributed by atoms with Gasteiger partial charge in [0.25, 0.3) is 0 Å². The van der Waals surface area contributed by atoms with E-state index in [2.05, 4.69) is 0 Å². The third-order valence-corrected chi connectivity index (χ3v) is 2.41. The molecule has 0 aliphatic heterocycles. The first-order chi connectivity index (χ1) is 7.25. The average molecular weight is 200 g/mol. The number of para-hydroxylation sites is 1. The van der Waals surface area contributed by atoms with Gasteiger partial charge in [-0.05, 0) is 13.0 Å². The highest BCUT2D eigenvalue weighted by molar-refractivity contribution is 6.03. The lowest BCUT2D eigenvalue weighted by atomic mass is 10.2. The van der Waals surface area contributed by atoms with E-state index in [0.717, 1.165) is 5.39 Å². The molecule has 3 heteroatoms. The highest BCUT2D eigenvalue weighted by Crippen LogP contribution is 2.26. The number of aryl methyl sites for hydroxylation is 1. The van der Waals surface area contributed by atoms with Crippen molar-refractivity contribution in [2.45, 2.75) is 6.92 Å². The Kier molecular flexibility index (Phi) is 1.51. The summed E-state index contributed by atoms with van der Waals surface area (Å²) in [5.41, 5.74) is 0.963. The van der Waals surface area contributed by atoms with Crippen LogP contribution in [-0.4, -0.2) is 0 Å². The molecule has 0 bridgehead atoms. The summed E-state index contributed by atoms with van der Waals surface area (Å²) in [5.74, 6) is 0.562. The molecule has 0 atom stereocenters. The molecule has 3 rings (SSSR count). The largest absolute Gasteiger partial charge is 0.456 e. The third-order valence-electron chi connectivity index (χ3n) is 2.41. The molecule has 0 fully saturated rings. The third kappa shape index (κ3) is 1.09. The summed E-state index contributed by atoms with van der Waals surface area (Å²) in [6.45, 7) is 1.73. The maximum atomic E-state index is 11.6. The molecule has 0 amide bonds. The Labute approximate surface area is 84.9 Å². The van der Waals surface area contributed by atoms with Crippen molar-refractivity contribution in [3.05, 3.63) is 46.5 Å². The van der Waals surface area contributed by atoms with Gasteiger partial charge >= 0.3 is 5.63 Å². The summed E-state index contributed by atoms with van der Waals surface area (Å²) in [6.07, 6.45) is 0. The zero-order valence-electron chi connectivity index (χ0n) is 8.11. The molecule has 2 heterocycles. The van der Waals surface area contributed by atoms with Gasteiger partial charge in [0, 0.05) is 11.5 Å². The van der Waals surface area contributed by atoms with Crippen LogP contribution in [0.4, 0.5) is 0 Å². The van der Waals surface area contributed by atoms with Crippen LogP contribution in [0.15, 0.2) is 44.0 Å². The molecule has 0 saturated carbocycles. The van der Waals surface area contributed by atoms with Crippen molar-refractivity contribution in [3.8, 4) is 0 Å². The fourth-order valence-electron chi connectivity index (χ4n) is 1.79. The van der Waals surface area contributed by atoms with E-state index in [0.29, 0.717) is 22.3 Å². The monoisotopic (exact) mass is 200 g/mol. The summed E-state index contributed by atoms with van der Waals surface area (Å²) in [4.78, 5) is 11.6. The fourth-order valence-corrected chi connectivity index (χ4v) is 1.79. The van der Waals surface area contributed by atoms with Crippen molar-refractivity contribution in [3.63, 3.8) is 0 Å². The quantitative estimate of drug-likeness (QED) is 0.560. The summed E-state index contributed by atoms with van der Waals surface area (Å²) in [6, 6.07) is 9.17. The minimum absolute atomic E-state index is 0.338. The van der Waals surface area contributed by atoms with Crippen LogP contribution in [0, 0.1) is 6.92 Å². The predicted molar refractivity (Wildman–Crippen MR) is 57.0 cm³/mol. The van der Waals surface area contributed by atoms with Gasteiger partial charge in [0.1, 0.15) is 22.3 Å². The maximum Gasteiger partial charge on any atom is 0.347 e. The van der Waals surface area contributed by atoms with Gasteiger partial charge in [-0.15, -0.1) is 0 Å². The van der Waals surface area contributed by atoms with Crippen LogP contribution < -0.4 is 5.63 Å². The lowest BCUT2D eigenvalue weighted by Crippen LogP contribution is -1.98. The lowest BCUT2D eigenvalue weighted by Gasteiger charge is -1.89. The molecular weight excluding hydrogens is 192 g/mol. The first kappa shape index (κ1) is 8.29. The van der Waals surface area contributed by atoms with Crippen molar-refractivity contribution in [1.82, 2.24) is 0 Å². The lowest BCUT2D eigenvalue weighted by molar-refractivity contribution is 0.486. The molecule has 0 N–H and O–H groups in total. The van der Waals surface area contributed by atoms with Crippen LogP contribution in [-0.2, 0) is 0 Å². The zero-order valence-corrected chi connectivity index (χ0v) is 8.11. The van der Waals surface area contributed by atoms with Gasteiger partial charge in [-0.3, -0.25) is 0 Å². The maximum absolute atomic E-state index is 11.6. The van der Waals surface area contributed by atoms with E-state index in [1.54, 1.807) is 13.0 Å². The van der Waals surface area contributed by atoms with E-state index >= 15 is 0 Å². The number of hydrogen-bond acceptors (Lipinski definition) is 3. The van der Waals surface area contributed by atoms with Crippen LogP contribution in [0.3, 0.4) is 0 Å². The Hall–Kier alpha value is -2.03. The second-order valence-electron chi connectivity index (χ2n) is 3.48. The number of furan rings is 1. The molecule has 0 aliphatic rings. The van der Waals surface area contributed by atoms with E-state index in [1.165, 1.54) is 0 Å². The van der Waals surface area contributed by atoms with Crippen molar-refractivity contribution in [2.75, 3.05) is 0 Å². The van der Waals surface area contributed by atoms with Crippen molar-refractivity contribution >= 4 is 21.9 Å². The molecule has 0 unspecified atom stereocenters. The molecule has 0 aliphatic carbocycles. The summed E-state index contributed by atoms with van der Waals surface area (Å²) < 4.78 is 10.6. The van der Waals surface area contributed by atoms with Crippen LogP contribution in [0.1, 0.15) is 5.76 Å². The molecule has 2 aromatic heterocycles. The molecule has 0 radical (unpaired) electrons. The van der Waals surface area contributed by atoms with E-state index in [1.807, 2.05) is 24.3 Å². The second kappa shape index (κ2) is 2.73. The Bertz CT molecular complexity index is 704. The summed E-state index contributed by atoms with van der Waals surface area (Å²) in [5, 5.41) is 1.33. The number of rotatable bonds is 0. The van der Waals surface area contributed by atoms with Gasteiger partial charge < -0.3 is 8.83 Å². The molecule has 1 aromatic carbocycles. The van der Waals surface area contributed by atoms with Crippen LogP contribution >= 0.6 is 0 Å². The van der Waals surface area contributed by atoms with Gasteiger partial charge in [0.05, 0.1) is 0 Å². The molecule has 3 nitrogen and oxygen atoms in total. The molecule has 74 valence electrons. The topological polar surface area (TPSA) is 43.4 Å². The van der Waals surface area contributed by atoms with E-state index in [-0.39, 0.29) is 5.63 Å². The number of hydrogen-bond donors (Lipinski definition) is 0. The minimum atomic E-state index is -0.338. The Morgan fingerprint density at radius 1 is 1.07 bits per heavy atom. The van der Waals surface area contributed by atoms with E-state index < -0.39 is 0 Å². The van der Waals surface area contributed by atoms with Crippen molar-refractivity contribution in [2.24, 2.45) is 0 Å². The Morgan fingerprint density at radius 2 is 1.87 bits per heavy atom. The second-order valence-corrected chi connectivity index (χ2v) is 3.48. The first-order valence-electron chi connectivity index (χ1n) is 4.68. The molecule has 0 saturated heterocycles. The van der Waals surface area contributed by atoms with Gasteiger partial charge in [0.15, 0.2) is 0 Å². The van der Waals surface area contributed by atoms with E-state index in [4.69, 9.17) is 8.83 Å². The fraction of sp³-hybridized carbons (Fsp3) is 0.0833. The average Bonchev–Trinajstić information content (AvgIpc) is 2.54. The minimum Gasteiger partial charge on any atom is -0.456 e. The Morgan fingerprint density at radius 3 is 2.73 bits per heavy atom. The highest BCUT2D eigenvalue weighted by atomic mass is 16.4.